The first-order chi connectivity index (χ1) is 18.1. The van der Waals surface area contributed by atoms with Gasteiger partial charge in [0.05, 0.1) is 5.92 Å². The maximum absolute atomic E-state index is 12.6. The second-order valence-corrected chi connectivity index (χ2v) is 9.52. The van der Waals surface area contributed by atoms with E-state index in [1.54, 1.807) is 4.90 Å². The third kappa shape index (κ3) is 7.34. The summed E-state index contributed by atoms with van der Waals surface area (Å²) in [5.41, 5.74) is 14.7. The van der Waals surface area contributed by atoms with Gasteiger partial charge in [-0.1, -0.05) is 29.8 Å². The number of carbonyl (C=O) groups excluding carboxylic acids is 2. The minimum Gasteiger partial charge on any atom is -0.480 e. The van der Waals surface area contributed by atoms with E-state index in [-0.39, 0.29) is 42.9 Å². The standard InChI is InChI=1S/C26H36N8O4/c1-15-17-6-2-3-7-19(17)32-20(15)13-21(25(37)38)33-22(35)8-4-5-10-31-24(36)18(23(27)28)12-16-9-11-34(14-16)26(29)30/h2-3,6-7,9,18,21,32H,4-5,8,10-14H2,1H3,(H3,27,28)(H3,29,30)(H,31,36)(H,33,35)(H,37,38). The smallest absolute Gasteiger partial charge is 0.326 e. The Morgan fingerprint density at radius 3 is 2.53 bits per heavy atom. The Labute approximate surface area is 220 Å². The number of H-pyrrole nitrogens is 1. The quantitative estimate of drug-likeness (QED) is 0.0821. The fraction of sp³-hybridized carbons (Fsp3) is 0.423. The number of benzene rings is 1. The number of hydrogen-bond donors (Lipinski definition) is 8. The van der Waals surface area contributed by atoms with Crippen molar-refractivity contribution in [1.29, 1.82) is 10.8 Å². The molecule has 2 amide bonds. The normalized spacial score (nSPS) is 14.6. The van der Waals surface area contributed by atoms with E-state index in [2.05, 4.69) is 15.6 Å². The molecule has 10 N–H and O–H groups in total. The van der Waals surface area contributed by atoms with Gasteiger partial charge in [0.15, 0.2) is 5.96 Å². The van der Waals surface area contributed by atoms with Gasteiger partial charge in [0.1, 0.15) is 11.9 Å². The third-order valence-electron chi connectivity index (χ3n) is 6.73. The summed E-state index contributed by atoms with van der Waals surface area (Å²) in [7, 11) is 0. The molecule has 2 heterocycles. The highest BCUT2D eigenvalue weighted by molar-refractivity contribution is 6.01. The number of carbonyl (C=O) groups is 3. The summed E-state index contributed by atoms with van der Waals surface area (Å²) < 4.78 is 0. The number of amides is 2. The van der Waals surface area contributed by atoms with Gasteiger partial charge in [0.2, 0.25) is 11.8 Å². The molecule has 1 aliphatic rings. The first-order valence-corrected chi connectivity index (χ1v) is 12.5. The largest absolute Gasteiger partial charge is 0.480 e. The number of nitrogens with zero attached hydrogens (tertiary/aromatic N) is 1. The summed E-state index contributed by atoms with van der Waals surface area (Å²) in [6.45, 7) is 3.14. The Hall–Kier alpha value is -4.35. The van der Waals surface area contributed by atoms with E-state index in [0.717, 1.165) is 27.7 Å². The van der Waals surface area contributed by atoms with Crippen LogP contribution in [0.2, 0.25) is 0 Å². The van der Waals surface area contributed by atoms with Crippen LogP contribution in [0.5, 0.6) is 0 Å². The summed E-state index contributed by atoms with van der Waals surface area (Å²) in [5, 5.41) is 31.3. The van der Waals surface area contributed by atoms with Crippen LogP contribution in [-0.2, 0) is 20.8 Å². The molecule has 2 unspecified atom stereocenters. The number of aliphatic carboxylic acids is 1. The number of rotatable bonds is 13. The average Bonchev–Trinajstić information content (AvgIpc) is 3.46. The molecule has 0 fully saturated rings. The monoisotopic (exact) mass is 524 g/mol. The van der Waals surface area contributed by atoms with E-state index in [1.165, 1.54) is 0 Å². The zero-order chi connectivity index (χ0) is 27.8. The van der Waals surface area contributed by atoms with Crippen molar-refractivity contribution in [2.75, 3.05) is 19.6 Å². The zero-order valence-corrected chi connectivity index (χ0v) is 21.5. The number of unbranched alkanes of at least 4 members (excludes halogenated alkanes) is 1. The van der Waals surface area contributed by atoms with Gasteiger partial charge < -0.3 is 37.1 Å². The molecule has 2 atom stereocenters. The second kappa shape index (κ2) is 12.7. The predicted octanol–water partition coefficient (Wildman–Crippen LogP) is 0.952. The molecule has 0 spiro atoms. The number of guanidine groups is 1. The molecule has 0 aliphatic carbocycles. The molecule has 3 rings (SSSR count). The summed E-state index contributed by atoms with van der Waals surface area (Å²) in [4.78, 5) is 41.7. The Morgan fingerprint density at radius 1 is 1.16 bits per heavy atom. The van der Waals surface area contributed by atoms with Gasteiger partial charge in [0, 0.05) is 49.1 Å². The van der Waals surface area contributed by atoms with Crippen LogP contribution < -0.4 is 22.1 Å². The van der Waals surface area contributed by atoms with Crippen molar-refractivity contribution in [3.63, 3.8) is 0 Å². The van der Waals surface area contributed by atoms with Gasteiger partial charge in [0.25, 0.3) is 0 Å². The number of nitrogens with two attached hydrogens (primary N) is 2. The number of amidine groups is 1. The van der Waals surface area contributed by atoms with E-state index in [0.29, 0.717) is 32.5 Å². The van der Waals surface area contributed by atoms with Gasteiger partial charge in [-0.05, 0) is 37.8 Å². The minimum atomic E-state index is -1.11. The number of fused-ring (bicyclic) bond motifs is 1. The number of aromatic nitrogens is 1. The molecule has 38 heavy (non-hydrogen) atoms. The third-order valence-corrected chi connectivity index (χ3v) is 6.73. The lowest BCUT2D eigenvalue weighted by molar-refractivity contribution is -0.141. The zero-order valence-electron chi connectivity index (χ0n) is 21.5. The highest BCUT2D eigenvalue weighted by atomic mass is 16.4. The van der Waals surface area contributed by atoms with E-state index >= 15 is 0 Å². The summed E-state index contributed by atoms with van der Waals surface area (Å²) in [5.74, 6) is -2.96. The van der Waals surface area contributed by atoms with Gasteiger partial charge in [-0.25, -0.2) is 4.79 Å². The number of aryl methyl sites for hydroxylation is 1. The van der Waals surface area contributed by atoms with Crippen molar-refractivity contribution in [3.05, 3.63) is 47.2 Å². The van der Waals surface area contributed by atoms with Crippen LogP contribution in [0.15, 0.2) is 35.9 Å². The molecule has 0 radical (unpaired) electrons. The Kier molecular flexibility index (Phi) is 9.47. The molecule has 1 aliphatic heterocycles. The predicted molar refractivity (Wildman–Crippen MR) is 145 cm³/mol. The molecule has 12 heteroatoms. The van der Waals surface area contributed by atoms with Crippen LogP contribution >= 0.6 is 0 Å². The van der Waals surface area contributed by atoms with Crippen LogP contribution in [0.25, 0.3) is 10.9 Å². The molecule has 1 aromatic carbocycles. The summed E-state index contributed by atoms with van der Waals surface area (Å²) >= 11 is 0. The van der Waals surface area contributed by atoms with Gasteiger partial charge in [-0.3, -0.25) is 20.4 Å². The van der Waals surface area contributed by atoms with Crippen LogP contribution in [0.3, 0.4) is 0 Å². The Morgan fingerprint density at radius 2 is 1.89 bits per heavy atom. The van der Waals surface area contributed by atoms with Crippen LogP contribution in [0.4, 0.5) is 0 Å². The van der Waals surface area contributed by atoms with Gasteiger partial charge in [-0.15, -0.1) is 0 Å². The SMILES string of the molecule is Cc1c(CC(NC(=O)CCCCNC(=O)C(CC2=CCN(C(=N)N)C2)C(=N)N)C(=O)O)[nH]c2ccccc12. The van der Waals surface area contributed by atoms with Crippen molar-refractivity contribution in [2.24, 2.45) is 17.4 Å². The number of carboxylic acids is 1. The molecule has 0 bridgehead atoms. The number of nitrogens with one attached hydrogen (secondary N) is 5. The molecule has 12 nitrogen and oxygen atoms in total. The van der Waals surface area contributed by atoms with Crippen molar-refractivity contribution in [1.82, 2.24) is 20.5 Å². The van der Waals surface area contributed by atoms with Gasteiger partial charge >= 0.3 is 5.97 Å². The minimum absolute atomic E-state index is 0.0493. The molecule has 0 saturated heterocycles. The first-order valence-electron chi connectivity index (χ1n) is 12.5. The lowest BCUT2D eigenvalue weighted by Crippen LogP contribution is -2.42. The van der Waals surface area contributed by atoms with E-state index < -0.39 is 17.9 Å². The molecular formula is C26H36N8O4. The van der Waals surface area contributed by atoms with Gasteiger partial charge in [-0.2, -0.15) is 0 Å². The Balaban J connectivity index is 1.41. The maximum Gasteiger partial charge on any atom is 0.326 e. The molecule has 1 aromatic heterocycles. The highest BCUT2D eigenvalue weighted by Gasteiger charge is 2.26. The van der Waals surface area contributed by atoms with E-state index in [4.69, 9.17) is 22.3 Å². The topological polar surface area (TPSA) is 214 Å². The van der Waals surface area contributed by atoms with E-state index in [1.807, 2.05) is 37.3 Å². The van der Waals surface area contributed by atoms with Crippen molar-refractivity contribution in [2.45, 2.75) is 45.1 Å². The molecule has 0 saturated carbocycles. The number of carboxylic acid groups (broad SMARTS) is 1. The molecule has 2 aromatic rings. The number of para-hydroxylation sites is 1. The van der Waals surface area contributed by atoms with Crippen molar-refractivity contribution in [3.8, 4) is 0 Å². The first kappa shape index (κ1) is 28.2. The molecule has 204 valence electrons. The lowest BCUT2D eigenvalue weighted by Gasteiger charge is -2.18. The number of hydrogen-bond acceptors (Lipinski definition) is 5. The van der Waals surface area contributed by atoms with Crippen molar-refractivity contribution < 1.29 is 19.5 Å². The average molecular weight is 525 g/mol. The fourth-order valence-electron chi connectivity index (χ4n) is 4.51. The van der Waals surface area contributed by atoms with Crippen molar-refractivity contribution >= 4 is 40.5 Å². The highest BCUT2D eigenvalue weighted by Crippen LogP contribution is 2.22. The summed E-state index contributed by atoms with van der Waals surface area (Å²) in [6.07, 6.45) is 3.38. The van der Waals surface area contributed by atoms with Crippen LogP contribution in [0, 0.1) is 23.7 Å². The Bertz CT molecular complexity index is 1250. The molecular weight excluding hydrogens is 488 g/mol. The van der Waals surface area contributed by atoms with E-state index in [9.17, 15) is 19.5 Å². The number of aromatic amines is 1. The lowest BCUT2D eigenvalue weighted by atomic mass is 9.97. The van der Waals surface area contributed by atoms with Crippen LogP contribution in [-0.4, -0.2) is 70.2 Å². The fourth-order valence-corrected chi connectivity index (χ4v) is 4.51. The summed E-state index contributed by atoms with van der Waals surface area (Å²) in [6, 6.07) is 6.64. The van der Waals surface area contributed by atoms with Crippen LogP contribution in [0.1, 0.15) is 36.9 Å². The second-order valence-electron chi connectivity index (χ2n) is 9.52. The maximum atomic E-state index is 12.6.